The van der Waals surface area contributed by atoms with E-state index in [1.54, 1.807) is 6.07 Å². The second-order valence-electron chi connectivity index (χ2n) is 4.49. The summed E-state index contributed by atoms with van der Waals surface area (Å²) in [5.74, 6) is 0.571. The van der Waals surface area contributed by atoms with Gasteiger partial charge in [-0.25, -0.2) is 0 Å². The van der Waals surface area contributed by atoms with Gasteiger partial charge in [0.05, 0.1) is 5.69 Å². The van der Waals surface area contributed by atoms with Crippen LogP contribution in [0, 0.1) is 6.92 Å². The molecule has 0 aromatic carbocycles. The fourth-order valence-corrected chi connectivity index (χ4v) is 1.98. The van der Waals surface area contributed by atoms with Crippen molar-refractivity contribution < 1.29 is 9.32 Å². The quantitative estimate of drug-likeness (QED) is 0.886. The Morgan fingerprint density at radius 2 is 2.35 bits per heavy atom. The zero-order valence-electron chi connectivity index (χ0n) is 11.5. The van der Waals surface area contributed by atoms with Crippen LogP contribution in [0.4, 0.5) is 0 Å². The maximum Gasteiger partial charge on any atom is 0.220 e. The minimum absolute atomic E-state index is 0.0406. The molecule has 0 bridgehead atoms. The lowest BCUT2D eigenvalue weighted by molar-refractivity contribution is -0.121. The monoisotopic (exact) mass is 296 g/mol. The maximum absolute atomic E-state index is 11.8. The average molecular weight is 297 g/mol. The lowest BCUT2D eigenvalue weighted by Crippen LogP contribution is -2.23. The zero-order valence-corrected chi connectivity index (χ0v) is 12.3. The van der Waals surface area contributed by atoms with Crippen molar-refractivity contribution in [2.75, 3.05) is 0 Å². The number of aryl methyl sites for hydroxylation is 3. The summed E-state index contributed by atoms with van der Waals surface area (Å²) in [5.41, 5.74) is 1.97. The third kappa shape index (κ3) is 3.84. The molecule has 20 heavy (non-hydrogen) atoms. The molecule has 2 aromatic rings. The number of nitrogens with zero attached hydrogens (tertiary/aromatic N) is 3. The van der Waals surface area contributed by atoms with Gasteiger partial charge in [-0.3, -0.25) is 9.48 Å². The van der Waals surface area contributed by atoms with E-state index in [-0.39, 0.29) is 5.91 Å². The SMILES string of the molecule is CCn1cc(CNC(=O)CCc2cc(Cl)no2)c(C)n1. The van der Waals surface area contributed by atoms with Crippen LogP contribution in [0.1, 0.15) is 30.4 Å². The van der Waals surface area contributed by atoms with Gasteiger partial charge in [0, 0.05) is 43.8 Å². The molecule has 1 N–H and O–H groups in total. The van der Waals surface area contributed by atoms with E-state index in [0.29, 0.717) is 30.3 Å². The minimum atomic E-state index is -0.0406. The van der Waals surface area contributed by atoms with Crippen molar-refractivity contribution in [1.82, 2.24) is 20.3 Å². The summed E-state index contributed by atoms with van der Waals surface area (Å²) in [6.45, 7) is 5.27. The average Bonchev–Trinajstić information content (AvgIpc) is 3.00. The highest BCUT2D eigenvalue weighted by Gasteiger charge is 2.08. The fraction of sp³-hybridized carbons (Fsp3) is 0.462. The molecule has 2 heterocycles. The first kappa shape index (κ1) is 14.6. The van der Waals surface area contributed by atoms with Crippen molar-refractivity contribution in [2.45, 2.75) is 39.8 Å². The molecule has 0 atom stereocenters. The summed E-state index contributed by atoms with van der Waals surface area (Å²) in [6.07, 6.45) is 2.77. The molecule has 0 aliphatic carbocycles. The Kier molecular flexibility index (Phi) is 4.79. The van der Waals surface area contributed by atoms with Gasteiger partial charge in [0.25, 0.3) is 0 Å². The van der Waals surface area contributed by atoms with Gasteiger partial charge in [0.1, 0.15) is 5.76 Å². The highest BCUT2D eigenvalue weighted by atomic mass is 35.5. The Hall–Kier alpha value is -1.82. The van der Waals surface area contributed by atoms with Crippen molar-refractivity contribution in [3.63, 3.8) is 0 Å². The third-order valence-electron chi connectivity index (χ3n) is 2.98. The van der Waals surface area contributed by atoms with E-state index in [9.17, 15) is 4.79 Å². The highest BCUT2D eigenvalue weighted by Crippen LogP contribution is 2.10. The van der Waals surface area contributed by atoms with Gasteiger partial charge in [-0.15, -0.1) is 0 Å². The topological polar surface area (TPSA) is 73.0 Å². The molecule has 0 radical (unpaired) electrons. The molecule has 108 valence electrons. The van der Waals surface area contributed by atoms with Crippen molar-refractivity contribution in [2.24, 2.45) is 0 Å². The van der Waals surface area contributed by atoms with E-state index >= 15 is 0 Å². The summed E-state index contributed by atoms with van der Waals surface area (Å²) in [4.78, 5) is 11.8. The van der Waals surface area contributed by atoms with Crippen LogP contribution in [-0.4, -0.2) is 20.8 Å². The zero-order chi connectivity index (χ0) is 14.5. The van der Waals surface area contributed by atoms with Gasteiger partial charge >= 0.3 is 0 Å². The van der Waals surface area contributed by atoms with Crippen LogP contribution >= 0.6 is 11.6 Å². The second-order valence-corrected chi connectivity index (χ2v) is 4.88. The number of halogens is 1. The lowest BCUT2D eigenvalue weighted by Gasteiger charge is -2.03. The Labute approximate surface area is 122 Å². The van der Waals surface area contributed by atoms with E-state index in [0.717, 1.165) is 17.8 Å². The van der Waals surface area contributed by atoms with Gasteiger partial charge in [0.2, 0.25) is 5.91 Å². The van der Waals surface area contributed by atoms with Crippen molar-refractivity contribution in [3.05, 3.63) is 34.4 Å². The first-order chi connectivity index (χ1) is 9.58. The largest absolute Gasteiger partial charge is 0.360 e. The summed E-state index contributed by atoms with van der Waals surface area (Å²) in [7, 11) is 0. The van der Waals surface area contributed by atoms with Crippen LogP contribution in [0.25, 0.3) is 0 Å². The predicted molar refractivity (Wildman–Crippen MR) is 74.3 cm³/mol. The number of nitrogens with one attached hydrogen (secondary N) is 1. The van der Waals surface area contributed by atoms with E-state index in [4.69, 9.17) is 16.1 Å². The number of carbonyl (C=O) groups excluding carboxylic acids is 1. The maximum atomic E-state index is 11.8. The van der Waals surface area contributed by atoms with Crippen LogP contribution in [-0.2, 0) is 24.3 Å². The van der Waals surface area contributed by atoms with Gasteiger partial charge in [0.15, 0.2) is 5.15 Å². The number of amides is 1. The number of hydrogen-bond acceptors (Lipinski definition) is 4. The molecular formula is C13H17ClN4O2. The van der Waals surface area contributed by atoms with Crippen molar-refractivity contribution in [1.29, 1.82) is 0 Å². The Morgan fingerprint density at radius 3 is 2.95 bits per heavy atom. The molecule has 1 amide bonds. The summed E-state index contributed by atoms with van der Waals surface area (Å²) in [6, 6.07) is 1.62. The number of aromatic nitrogens is 3. The summed E-state index contributed by atoms with van der Waals surface area (Å²) >= 11 is 5.64. The molecule has 2 rings (SSSR count). The Morgan fingerprint density at radius 1 is 1.55 bits per heavy atom. The third-order valence-corrected chi connectivity index (χ3v) is 3.15. The van der Waals surface area contributed by atoms with E-state index in [2.05, 4.69) is 15.6 Å². The van der Waals surface area contributed by atoms with Crippen LogP contribution < -0.4 is 5.32 Å². The van der Waals surface area contributed by atoms with Crippen molar-refractivity contribution in [3.8, 4) is 0 Å². The van der Waals surface area contributed by atoms with Gasteiger partial charge in [-0.1, -0.05) is 16.8 Å². The first-order valence-corrected chi connectivity index (χ1v) is 6.87. The standard InChI is InChI=1S/C13H17ClN4O2/c1-3-18-8-10(9(2)16-18)7-15-13(19)5-4-11-6-12(14)17-20-11/h6,8H,3-5,7H2,1-2H3,(H,15,19). The van der Waals surface area contributed by atoms with E-state index < -0.39 is 0 Å². The fourth-order valence-electron chi connectivity index (χ4n) is 1.82. The lowest BCUT2D eigenvalue weighted by atomic mass is 10.2. The van der Waals surface area contributed by atoms with E-state index in [1.165, 1.54) is 0 Å². The number of rotatable bonds is 6. The molecule has 6 nitrogen and oxygen atoms in total. The van der Waals surface area contributed by atoms with Crippen LogP contribution in [0.3, 0.4) is 0 Å². The molecule has 0 aliphatic rings. The second kappa shape index (κ2) is 6.56. The molecule has 7 heteroatoms. The molecule has 2 aromatic heterocycles. The van der Waals surface area contributed by atoms with Crippen molar-refractivity contribution >= 4 is 17.5 Å². The van der Waals surface area contributed by atoms with Crippen LogP contribution in [0.5, 0.6) is 0 Å². The summed E-state index contributed by atoms with van der Waals surface area (Å²) in [5, 5.41) is 11.1. The Balaban J connectivity index is 1.78. The Bertz CT molecular complexity index is 591. The smallest absolute Gasteiger partial charge is 0.220 e. The summed E-state index contributed by atoms with van der Waals surface area (Å²) < 4.78 is 6.79. The predicted octanol–water partition coefficient (Wildman–Crippen LogP) is 2.10. The number of carbonyl (C=O) groups is 1. The molecule has 0 fully saturated rings. The first-order valence-electron chi connectivity index (χ1n) is 6.49. The number of hydrogen-bond donors (Lipinski definition) is 1. The molecule has 0 spiro atoms. The molecule has 0 unspecified atom stereocenters. The molecule has 0 aliphatic heterocycles. The normalized spacial score (nSPS) is 10.8. The molecule has 0 saturated carbocycles. The van der Waals surface area contributed by atoms with Gasteiger partial charge in [-0.05, 0) is 13.8 Å². The molecule has 0 saturated heterocycles. The van der Waals surface area contributed by atoms with Gasteiger partial charge < -0.3 is 9.84 Å². The molecular weight excluding hydrogens is 280 g/mol. The van der Waals surface area contributed by atoms with Gasteiger partial charge in [-0.2, -0.15) is 5.10 Å². The highest BCUT2D eigenvalue weighted by molar-refractivity contribution is 6.29. The minimum Gasteiger partial charge on any atom is -0.360 e. The van der Waals surface area contributed by atoms with E-state index in [1.807, 2.05) is 24.7 Å². The van der Waals surface area contributed by atoms with Crippen LogP contribution in [0.15, 0.2) is 16.8 Å². The van der Waals surface area contributed by atoms with Crippen LogP contribution in [0.2, 0.25) is 5.15 Å².